The van der Waals surface area contributed by atoms with Gasteiger partial charge in [0.2, 0.25) is 11.8 Å². The van der Waals surface area contributed by atoms with Crippen LogP contribution in [0.1, 0.15) is 92.2 Å². The van der Waals surface area contributed by atoms with Crippen molar-refractivity contribution in [3.63, 3.8) is 0 Å². The van der Waals surface area contributed by atoms with Crippen molar-refractivity contribution in [2.75, 3.05) is 13.1 Å². The molecule has 0 unspecified atom stereocenters. The highest BCUT2D eigenvalue weighted by Crippen LogP contribution is 2.28. The lowest BCUT2D eigenvalue weighted by Crippen LogP contribution is -2.50. The predicted octanol–water partition coefficient (Wildman–Crippen LogP) is 5.20. The number of aryl methyl sites for hydroxylation is 2. The van der Waals surface area contributed by atoms with E-state index in [-0.39, 0.29) is 53.4 Å². The van der Waals surface area contributed by atoms with Crippen LogP contribution >= 0.6 is 11.3 Å². The van der Waals surface area contributed by atoms with E-state index in [1.165, 1.54) is 16.2 Å². The maximum atomic E-state index is 14.6. The average Bonchev–Trinajstić information content (AvgIpc) is 3.85. The molecule has 0 saturated carbocycles. The fraction of sp³-hybridized carbons (Fsp3) is 0.324. The number of hydrogen-bond donors (Lipinski definition) is 3. The third-order valence-corrected chi connectivity index (χ3v) is 9.62. The van der Waals surface area contributed by atoms with Gasteiger partial charge in [-0.15, -0.1) is 11.3 Å². The van der Waals surface area contributed by atoms with Crippen LogP contribution in [0.25, 0.3) is 11.3 Å². The van der Waals surface area contributed by atoms with Gasteiger partial charge in [-0.25, -0.2) is 9.97 Å². The van der Waals surface area contributed by atoms with Crippen molar-refractivity contribution in [1.29, 1.82) is 0 Å². The van der Waals surface area contributed by atoms with E-state index < -0.39 is 41.8 Å². The summed E-state index contributed by atoms with van der Waals surface area (Å²) in [6, 6.07) is 16.8. The molecule has 51 heavy (non-hydrogen) atoms. The molecular weight excluding hydrogens is 671 g/mol. The van der Waals surface area contributed by atoms with Gasteiger partial charge in [-0.05, 0) is 38.7 Å². The predicted molar refractivity (Wildman–Crippen MR) is 189 cm³/mol. The molecule has 4 amide bonds. The normalized spacial score (nSPS) is 18.8. The Morgan fingerprint density at radius 3 is 2.33 bits per heavy atom. The molecule has 3 atom stereocenters. The molecule has 2 aromatic carbocycles. The number of oxazole rings is 1. The molecule has 264 valence electrons. The Kier molecular flexibility index (Phi) is 10.4. The van der Waals surface area contributed by atoms with E-state index in [9.17, 15) is 19.2 Å². The van der Waals surface area contributed by atoms with Crippen molar-refractivity contribution in [1.82, 2.24) is 36.0 Å². The first kappa shape index (κ1) is 35.2. The van der Waals surface area contributed by atoms with Gasteiger partial charge < -0.3 is 29.8 Å². The summed E-state index contributed by atoms with van der Waals surface area (Å²) in [4.78, 5) is 66.0. The van der Waals surface area contributed by atoms with Gasteiger partial charge in [0.1, 0.15) is 39.5 Å². The second-order valence-corrected chi connectivity index (χ2v) is 13.8. The zero-order valence-corrected chi connectivity index (χ0v) is 29.7. The van der Waals surface area contributed by atoms with Crippen molar-refractivity contribution >= 4 is 35.0 Å². The van der Waals surface area contributed by atoms with Crippen LogP contribution in [0.5, 0.6) is 0 Å². The highest BCUT2D eigenvalue weighted by Gasteiger charge is 2.33. The van der Waals surface area contributed by atoms with Crippen molar-refractivity contribution < 1.29 is 28.1 Å². The number of rotatable bonds is 5. The van der Waals surface area contributed by atoms with Gasteiger partial charge in [0.15, 0.2) is 5.69 Å². The number of fused-ring (bicyclic) bond motifs is 4. The highest BCUT2D eigenvalue weighted by molar-refractivity contribution is 7.09. The SMILES string of the molecule is Cc1oc2nc1C(=O)N[C@H](C)c1nc(cs1)C(=O)N[C@H](Cc1ccccc1)CN(C(=O)c1c(-c3ccccc3)noc1C)CC(=O)N[C@H]2C(C)C. The van der Waals surface area contributed by atoms with Gasteiger partial charge in [0.05, 0.1) is 18.6 Å². The summed E-state index contributed by atoms with van der Waals surface area (Å²) in [5.74, 6) is -1.40. The zero-order chi connectivity index (χ0) is 36.2. The molecule has 4 bridgehead atoms. The van der Waals surface area contributed by atoms with Crippen molar-refractivity contribution in [3.8, 4) is 11.3 Å². The Hall–Kier alpha value is -5.63. The fourth-order valence-corrected chi connectivity index (χ4v) is 6.77. The van der Waals surface area contributed by atoms with E-state index in [2.05, 4.69) is 31.1 Å². The summed E-state index contributed by atoms with van der Waals surface area (Å²) in [5.41, 5.74) is 2.37. The van der Waals surface area contributed by atoms with Crippen LogP contribution in [-0.2, 0) is 11.2 Å². The number of nitrogens with zero attached hydrogens (tertiary/aromatic N) is 4. The van der Waals surface area contributed by atoms with Crippen LogP contribution in [0.3, 0.4) is 0 Å². The smallest absolute Gasteiger partial charge is 0.274 e. The number of thiazole rings is 1. The first-order valence-corrected chi connectivity index (χ1v) is 17.5. The summed E-state index contributed by atoms with van der Waals surface area (Å²) >= 11 is 1.24. The third-order valence-electron chi connectivity index (χ3n) is 8.60. The summed E-state index contributed by atoms with van der Waals surface area (Å²) in [7, 11) is 0. The molecule has 0 fully saturated rings. The largest absolute Gasteiger partial charge is 0.443 e. The standard InChI is InChI=1S/C37H39N7O6S/c1-20(2)30-35-42-31(23(5)49-35)34(47)38-21(3)36-40-27(19-51-36)33(46)39-26(16-24-12-8-6-9-13-24)17-44(18-28(45)41-30)37(48)29-22(4)50-43-32(29)25-14-10-7-11-15-25/h6-15,19-21,26,30H,16-18H2,1-5H3,(H,38,47)(H,39,46)(H,41,45)/t21-,26-,30+/m1/s1. The van der Waals surface area contributed by atoms with Crippen LogP contribution in [0.4, 0.5) is 0 Å². The number of carbonyl (C=O) groups is 4. The summed E-state index contributed by atoms with van der Waals surface area (Å²) in [6.45, 7) is 8.40. The highest BCUT2D eigenvalue weighted by atomic mass is 32.1. The van der Waals surface area contributed by atoms with Crippen LogP contribution in [0.2, 0.25) is 0 Å². The molecular formula is C37H39N7O6S. The van der Waals surface area contributed by atoms with Crippen LogP contribution in [0, 0.1) is 19.8 Å². The maximum absolute atomic E-state index is 14.6. The number of aromatic nitrogens is 3. The van der Waals surface area contributed by atoms with E-state index >= 15 is 0 Å². The second kappa shape index (κ2) is 15.1. The van der Waals surface area contributed by atoms with Crippen LogP contribution in [0.15, 0.2) is 75.0 Å². The molecule has 4 heterocycles. The van der Waals surface area contributed by atoms with Crippen LogP contribution < -0.4 is 16.0 Å². The van der Waals surface area contributed by atoms with E-state index in [1.54, 1.807) is 26.2 Å². The molecule has 0 spiro atoms. The molecule has 6 rings (SSSR count). The lowest BCUT2D eigenvalue weighted by Gasteiger charge is -2.29. The quantitative estimate of drug-likeness (QED) is 0.222. The van der Waals surface area contributed by atoms with E-state index in [0.29, 0.717) is 22.7 Å². The van der Waals surface area contributed by atoms with E-state index in [1.807, 2.05) is 74.5 Å². The zero-order valence-electron chi connectivity index (χ0n) is 28.9. The molecule has 1 aliphatic rings. The first-order valence-electron chi connectivity index (χ1n) is 16.7. The Bertz CT molecular complexity index is 2040. The minimum absolute atomic E-state index is 0.0379. The fourth-order valence-electron chi connectivity index (χ4n) is 5.96. The van der Waals surface area contributed by atoms with Gasteiger partial charge in [0.25, 0.3) is 17.7 Å². The van der Waals surface area contributed by atoms with Gasteiger partial charge in [-0.3, -0.25) is 19.2 Å². The molecule has 0 saturated heterocycles. The van der Waals surface area contributed by atoms with Crippen molar-refractivity contribution in [3.05, 3.63) is 111 Å². The Morgan fingerprint density at radius 2 is 1.63 bits per heavy atom. The Morgan fingerprint density at radius 1 is 0.922 bits per heavy atom. The molecule has 3 N–H and O–H groups in total. The molecule has 0 radical (unpaired) electrons. The molecule has 14 heteroatoms. The molecule has 3 aromatic heterocycles. The third kappa shape index (κ3) is 7.91. The molecule has 1 aliphatic heterocycles. The van der Waals surface area contributed by atoms with E-state index in [0.717, 1.165) is 5.56 Å². The van der Waals surface area contributed by atoms with Gasteiger partial charge in [-0.1, -0.05) is 79.7 Å². The molecule has 5 aromatic rings. The van der Waals surface area contributed by atoms with Crippen LogP contribution in [-0.4, -0.2) is 62.8 Å². The minimum Gasteiger partial charge on any atom is -0.443 e. The van der Waals surface area contributed by atoms with Gasteiger partial charge in [-0.2, -0.15) is 0 Å². The van der Waals surface area contributed by atoms with Crippen molar-refractivity contribution in [2.24, 2.45) is 5.92 Å². The number of hydrogen-bond acceptors (Lipinski definition) is 10. The molecule has 13 nitrogen and oxygen atoms in total. The van der Waals surface area contributed by atoms with E-state index in [4.69, 9.17) is 8.94 Å². The topological polar surface area (TPSA) is 173 Å². The number of benzene rings is 2. The number of nitrogens with one attached hydrogen (secondary N) is 3. The lowest BCUT2D eigenvalue weighted by atomic mass is 10.0. The second-order valence-electron chi connectivity index (χ2n) is 12.9. The first-order chi connectivity index (χ1) is 24.5. The molecule has 0 aliphatic carbocycles. The maximum Gasteiger partial charge on any atom is 0.274 e. The summed E-state index contributed by atoms with van der Waals surface area (Å²) < 4.78 is 11.5. The lowest BCUT2D eigenvalue weighted by molar-refractivity contribution is -0.123. The summed E-state index contributed by atoms with van der Waals surface area (Å²) in [5, 5.41) is 15.3. The number of amides is 4. The van der Waals surface area contributed by atoms with Gasteiger partial charge >= 0.3 is 0 Å². The monoisotopic (exact) mass is 709 g/mol. The van der Waals surface area contributed by atoms with Gasteiger partial charge in [0, 0.05) is 17.5 Å². The minimum atomic E-state index is -0.718. The average molecular weight is 710 g/mol. The Balaban J connectivity index is 1.43. The van der Waals surface area contributed by atoms with Crippen molar-refractivity contribution in [2.45, 2.75) is 59.2 Å². The Labute approximate surface area is 298 Å². The number of carbonyl (C=O) groups excluding carboxylic acids is 4. The summed E-state index contributed by atoms with van der Waals surface area (Å²) in [6.07, 6.45) is 0.350.